The van der Waals surface area contributed by atoms with Crippen molar-refractivity contribution in [2.24, 2.45) is 0 Å². The highest BCUT2D eigenvalue weighted by Gasteiger charge is 2.27. The minimum Gasteiger partial charge on any atom is -0.350 e. The van der Waals surface area contributed by atoms with Crippen LogP contribution < -0.4 is 10.6 Å². The molecule has 2 amide bonds. The van der Waals surface area contributed by atoms with Crippen LogP contribution in [0.2, 0.25) is 5.02 Å². The molecule has 0 unspecified atom stereocenters. The molecule has 1 rings (SSSR count). The zero-order chi connectivity index (χ0) is 17.9. The molecule has 23 heavy (non-hydrogen) atoms. The highest BCUT2D eigenvalue weighted by Crippen LogP contribution is 2.27. The average Bonchev–Trinajstić information content (AvgIpc) is 2.34. The number of nitrogens with zero attached hydrogens (tertiary/aromatic N) is 1. The summed E-state index contributed by atoms with van der Waals surface area (Å²) in [6.45, 7) is 8.50. The van der Waals surface area contributed by atoms with Crippen molar-refractivity contribution in [1.82, 2.24) is 10.6 Å². The predicted molar refractivity (Wildman–Crippen MR) is 87.7 cm³/mol. The molecule has 1 aromatic rings. The average molecular weight is 342 g/mol. The van der Waals surface area contributed by atoms with Crippen LogP contribution in [0, 0.1) is 17.0 Å². The Balaban J connectivity index is 3.03. The number of amides is 2. The lowest BCUT2D eigenvalue weighted by Crippen LogP contribution is -2.51. The van der Waals surface area contributed by atoms with E-state index in [2.05, 4.69) is 10.6 Å². The van der Waals surface area contributed by atoms with Crippen LogP contribution in [0.5, 0.6) is 0 Å². The first-order chi connectivity index (χ1) is 10.4. The maximum atomic E-state index is 12.3. The van der Waals surface area contributed by atoms with Gasteiger partial charge in [0.25, 0.3) is 11.6 Å². The Hall–Kier alpha value is -2.15. The normalized spacial score (nSPS) is 12.4. The summed E-state index contributed by atoms with van der Waals surface area (Å²) >= 11 is 5.80. The molecule has 0 aliphatic carbocycles. The molecule has 8 heteroatoms. The van der Waals surface area contributed by atoms with Gasteiger partial charge in [0, 0.05) is 16.6 Å². The summed E-state index contributed by atoms with van der Waals surface area (Å²) < 4.78 is 0. The standard InChI is InChI=1S/C15H20ClN3O4/c1-8-6-10(16)7-11(19(22)23)12(8)14(21)17-9(2)13(20)18-15(3,4)5/h6-7,9H,1-5H3,(H,17,21)(H,18,20)/t9-/m1/s1. The smallest absolute Gasteiger partial charge is 0.283 e. The van der Waals surface area contributed by atoms with Crippen molar-refractivity contribution in [3.05, 3.63) is 38.4 Å². The largest absolute Gasteiger partial charge is 0.350 e. The molecule has 0 aliphatic heterocycles. The van der Waals surface area contributed by atoms with Crippen LogP contribution in [-0.4, -0.2) is 28.3 Å². The van der Waals surface area contributed by atoms with Gasteiger partial charge >= 0.3 is 0 Å². The van der Waals surface area contributed by atoms with Crippen molar-refractivity contribution in [2.75, 3.05) is 0 Å². The van der Waals surface area contributed by atoms with Gasteiger partial charge in [-0.25, -0.2) is 0 Å². The zero-order valence-electron chi connectivity index (χ0n) is 13.7. The van der Waals surface area contributed by atoms with Crippen molar-refractivity contribution in [1.29, 1.82) is 0 Å². The lowest BCUT2D eigenvalue weighted by molar-refractivity contribution is -0.385. The first-order valence-electron chi connectivity index (χ1n) is 7.00. The number of hydrogen-bond donors (Lipinski definition) is 2. The van der Waals surface area contributed by atoms with E-state index in [9.17, 15) is 19.7 Å². The molecular formula is C15H20ClN3O4. The number of hydrogen-bond acceptors (Lipinski definition) is 4. The molecule has 0 bridgehead atoms. The molecule has 0 saturated heterocycles. The Morgan fingerprint density at radius 1 is 1.30 bits per heavy atom. The van der Waals surface area contributed by atoms with Gasteiger partial charge in [-0.1, -0.05) is 11.6 Å². The summed E-state index contributed by atoms with van der Waals surface area (Å²) in [5, 5.41) is 16.5. The fourth-order valence-electron chi connectivity index (χ4n) is 1.98. The van der Waals surface area contributed by atoms with Crippen LogP contribution >= 0.6 is 11.6 Å². The number of rotatable bonds is 4. The lowest BCUT2D eigenvalue weighted by Gasteiger charge is -2.23. The highest BCUT2D eigenvalue weighted by molar-refractivity contribution is 6.31. The van der Waals surface area contributed by atoms with Crippen LogP contribution in [-0.2, 0) is 4.79 Å². The first kappa shape index (κ1) is 18.9. The molecule has 1 atom stereocenters. The molecule has 0 spiro atoms. The molecular weight excluding hydrogens is 322 g/mol. The van der Waals surface area contributed by atoms with Crippen molar-refractivity contribution in [3.8, 4) is 0 Å². The summed E-state index contributed by atoms with van der Waals surface area (Å²) in [7, 11) is 0. The second-order valence-electron chi connectivity index (χ2n) is 6.31. The second-order valence-corrected chi connectivity index (χ2v) is 6.74. The number of carbonyl (C=O) groups excluding carboxylic acids is 2. The van der Waals surface area contributed by atoms with Gasteiger partial charge in [0.1, 0.15) is 11.6 Å². The van der Waals surface area contributed by atoms with Crippen LogP contribution in [0.3, 0.4) is 0 Å². The van der Waals surface area contributed by atoms with Crippen LogP contribution in [0.4, 0.5) is 5.69 Å². The number of benzene rings is 1. The Labute approximate surface area is 139 Å². The molecule has 0 radical (unpaired) electrons. The Bertz CT molecular complexity index is 653. The maximum Gasteiger partial charge on any atom is 0.283 e. The second kappa shape index (κ2) is 6.95. The van der Waals surface area contributed by atoms with Crippen LogP contribution in [0.25, 0.3) is 0 Å². The molecule has 0 saturated carbocycles. The topological polar surface area (TPSA) is 101 Å². The molecule has 7 nitrogen and oxygen atoms in total. The van der Waals surface area contributed by atoms with Gasteiger partial charge in [-0.05, 0) is 46.2 Å². The summed E-state index contributed by atoms with van der Waals surface area (Å²) in [4.78, 5) is 34.8. The third-order valence-corrected chi connectivity index (χ3v) is 3.16. The van der Waals surface area contributed by atoms with E-state index in [4.69, 9.17) is 11.6 Å². The van der Waals surface area contributed by atoms with Gasteiger partial charge in [0.2, 0.25) is 5.91 Å². The third-order valence-electron chi connectivity index (χ3n) is 2.94. The maximum absolute atomic E-state index is 12.3. The molecule has 2 N–H and O–H groups in total. The van der Waals surface area contributed by atoms with Crippen LogP contribution in [0.15, 0.2) is 12.1 Å². The Morgan fingerprint density at radius 3 is 2.35 bits per heavy atom. The van der Waals surface area contributed by atoms with Gasteiger partial charge in [0.05, 0.1) is 4.92 Å². The van der Waals surface area contributed by atoms with Gasteiger partial charge in [0.15, 0.2) is 0 Å². The number of nitro benzene ring substituents is 1. The van der Waals surface area contributed by atoms with Gasteiger partial charge in [-0.15, -0.1) is 0 Å². The minimum atomic E-state index is -0.837. The van der Waals surface area contributed by atoms with Crippen molar-refractivity contribution < 1.29 is 14.5 Å². The van der Waals surface area contributed by atoms with Crippen molar-refractivity contribution in [2.45, 2.75) is 46.2 Å². The van der Waals surface area contributed by atoms with E-state index >= 15 is 0 Å². The fraction of sp³-hybridized carbons (Fsp3) is 0.467. The summed E-state index contributed by atoms with van der Waals surface area (Å²) in [5.41, 5.74) is -0.575. The molecule has 0 aliphatic rings. The van der Waals surface area contributed by atoms with E-state index in [0.717, 1.165) is 6.07 Å². The van der Waals surface area contributed by atoms with E-state index in [0.29, 0.717) is 5.56 Å². The number of nitrogens with one attached hydrogen (secondary N) is 2. The van der Waals surface area contributed by atoms with Crippen molar-refractivity contribution in [3.63, 3.8) is 0 Å². The molecule has 0 heterocycles. The van der Waals surface area contributed by atoms with Gasteiger partial charge in [-0.2, -0.15) is 0 Å². The summed E-state index contributed by atoms with van der Waals surface area (Å²) in [5.74, 6) is -1.07. The summed E-state index contributed by atoms with van der Waals surface area (Å²) in [6, 6.07) is 1.74. The van der Waals surface area contributed by atoms with E-state index in [1.165, 1.54) is 13.0 Å². The quantitative estimate of drug-likeness (QED) is 0.649. The molecule has 0 fully saturated rings. The van der Waals surface area contributed by atoms with Crippen molar-refractivity contribution >= 4 is 29.1 Å². The van der Waals surface area contributed by atoms with Gasteiger partial charge in [-0.3, -0.25) is 19.7 Å². The van der Waals surface area contributed by atoms with E-state index in [1.807, 2.05) is 20.8 Å². The first-order valence-corrected chi connectivity index (χ1v) is 7.37. The molecule has 0 aromatic heterocycles. The third kappa shape index (κ3) is 5.21. The summed E-state index contributed by atoms with van der Waals surface area (Å²) in [6.07, 6.45) is 0. The number of nitro groups is 1. The van der Waals surface area contributed by atoms with E-state index in [1.54, 1.807) is 6.92 Å². The minimum absolute atomic E-state index is 0.102. The number of aryl methyl sites for hydroxylation is 1. The monoisotopic (exact) mass is 341 g/mol. The number of halogens is 1. The SMILES string of the molecule is Cc1cc(Cl)cc([N+](=O)[O-])c1C(=O)N[C@H](C)C(=O)NC(C)(C)C. The van der Waals surface area contributed by atoms with Gasteiger partial charge < -0.3 is 10.6 Å². The molecule has 126 valence electrons. The van der Waals surface area contributed by atoms with E-state index < -0.39 is 28.1 Å². The highest BCUT2D eigenvalue weighted by atomic mass is 35.5. The Morgan fingerprint density at radius 2 is 1.87 bits per heavy atom. The number of carbonyl (C=O) groups is 2. The molecule has 1 aromatic carbocycles. The predicted octanol–water partition coefficient (Wildman–Crippen LogP) is 2.59. The fourth-order valence-corrected chi connectivity index (χ4v) is 2.24. The lowest BCUT2D eigenvalue weighted by atomic mass is 10.0. The van der Waals surface area contributed by atoms with Crippen LogP contribution in [0.1, 0.15) is 43.6 Å². The zero-order valence-corrected chi connectivity index (χ0v) is 14.4. The van der Waals surface area contributed by atoms with E-state index in [-0.39, 0.29) is 16.5 Å². The Kier molecular flexibility index (Phi) is 5.71.